The number of piperazine rings is 1. The van der Waals surface area contributed by atoms with Crippen molar-refractivity contribution in [3.63, 3.8) is 0 Å². The van der Waals surface area contributed by atoms with E-state index in [0.717, 1.165) is 12.0 Å². The molecule has 0 aromatic heterocycles. The van der Waals surface area contributed by atoms with Crippen LogP contribution in [0.25, 0.3) is 0 Å². The van der Waals surface area contributed by atoms with E-state index in [0.29, 0.717) is 31.2 Å². The van der Waals surface area contributed by atoms with E-state index in [1.54, 1.807) is 4.90 Å². The Bertz CT molecular complexity index is 684. The van der Waals surface area contributed by atoms with Gasteiger partial charge in [0.05, 0.1) is 6.26 Å². The predicted octanol–water partition coefficient (Wildman–Crippen LogP) is 1.55. The van der Waals surface area contributed by atoms with Crippen LogP contribution < -0.4 is 0 Å². The highest BCUT2D eigenvalue weighted by atomic mass is 35.5. The van der Waals surface area contributed by atoms with Gasteiger partial charge in [0.15, 0.2) is 0 Å². The Morgan fingerprint density at radius 1 is 1.18 bits per heavy atom. The molecule has 0 radical (unpaired) electrons. The lowest BCUT2D eigenvalue weighted by Gasteiger charge is -2.33. The Morgan fingerprint density at radius 3 is 2.41 bits per heavy atom. The summed E-state index contributed by atoms with van der Waals surface area (Å²) in [7, 11) is -3.16. The van der Waals surface area contributed by atoms with Gasteiger partial charge in [0.1, 0.15) is 0 Å². The van der Waals surface area contributed by atoms with Gasteiger partial charge < -0.3 is 4.90 Å². The van der Waals surface area contributed by atoms with Crippen molar-refractivity contribution in [3.05, 3.63) is 34.9 Å². The van der Waals surface area contributed by atoms with Crippen molar-refractivity contribution in [2.75, 3.05) is 32.4 Å². The zero-order valence-electron chi connectivity index (χ0n) is 12.4. The predicted molar refractivity (Wildman–Crippen MR) is 85.3 cm³/mol. The van der Waals surface area contributed by atoms with Crippen LogP contribution in [-0.2, 0) is 14.8 Å². The number of carbonyl (C=O) groups excluding carboxylic acids is 1. The number of benzene rings is 1. The van der Waals surface area contributed by atoms with Crippen molar-refractivity contribution in [3.8, 4) is 0 Å². The van der Waals surface area contributed by atoms with Crippen LogP contribution in [0.3, 0.4) is 0 Å². The summed E-state index contributed by atoms with van der Waals surface area (Å²) < 4.78 is 24.4. The van der Waals surface area contributed by atoms with Gasteiger partial charge in [-0.1, -0.05) is 29.8 Å². The van der Waals surface area contributed by atoms with Crippen molar-refractivity contribution < 1.29 is 13.2 Å². The van der Waals surface area contributed by atoms with Crippen LogP contribution >= 0.6 is 11.6 Å². The van der Waals surface area contributed by atoms with Gasteiger partial charge in [-0.15, -0.1) is 0 Å². The molecule has 5 nitrogen and oxygen atoms in total. The highest BCUT2D eigenvalue weighted by Gasteiger charge is 2.47. The van der Waals surface area contributed by atoms with Crippen LogP contribution in [0.2, 0.25) is 5.02 Å². The second-order valence-electron chi connectivity index (χ2n) is 5.96. The zero-order chi connectivity index (χ0) is 15.9. The van der Waals surface area contributed by atoms with Crippen molar-refractivity contribution >= 4 is 27.5 Å². The van der Waals surface area contributed by atoms with Gasteiger partial charge >= 0.3 is 0 Å². The van der Waals surface area contributed by atoms with Crippen molar-refractivity contribution in [1.29, 1.82) is 0 Å². The van der Waals surface area contributed by atoms with Crippen LogP contribution in [0.1, 0.15) is 17.9 Å². The molecular weight excluding hydrogens is 324 g/mol. The van der Waals surface area contributed by atoms with Crippen molar-refractivity contribution in [1.82, 2.24) is 9.21 Å². The summed E-state index contributed by atoms with van der Waals surface area (Å²) in [6.07, 6.45) is 2.04. The summed E-state index contributed by atoms with van der Waals surface area (Å²) in [6.45, 7) is 1.71. The van der Waals surface area contributed by atoms with Crippen LogP contribution in [0.15, 0.2) is 24.3 Å². The Labute approximate surface area is 135 Å². The van der Waals surface area contributed by atoms with Gasteiger partial charge in [0.2, 0.25) is 15.9 Å². The van der Waals surface area contributed by atoms with Gasteiger partial charge in [0.25, 0.3) is 0 Å². The number of hydrogen-bond acceptors (Lipinski definition) is 3. The molecule has 1 amide bonds. The van der Waals surface area contributed by atoms with E-state index in [1.165, 1.54) is 10.6 Å². The topological polar surface area (TPSA) is 57.7 Å². The molecule has 2 fully saturated rings. The van der Waals surface area contributed by atoms with E-state index in [4.69, 9.17) is 11.6 Å². The molecule has 1 aromatic rings. The molecule has 22 heavy (non-hydrogen) atoms. The van der Waals surface area contributed by atoms with Crippen LogP contribution in [0.4, 0.5) is 0 Å². The fraction of sp³-hybridized carbons (Fsp3) is 0.533. The highest BCUT2D eigenvalue weighted by molar-refractivity contribution is 7.88. The van der Waals surface area contributed by atoms with Crippen LogP contribution in [0.5, 0.6) is 0 Å². The molecule has 1 aliphatic heterocycles. The van der Waals surface area contributed by atoms with E-state index in [9.17, 15) is 13.2 Å². The molecule has 1 aliphatic carbocycles. The molecule has 0 spiro atoms. The molecule has 120 valence electrons. The molecule has 1 saturated carbocycles. The Morgan fingerprint density at radius 2 is 1.82 bits per heavy atom. The van der Waals surface area contributed by atoms with Gasteiger partial charge in [-0.2, -0.15) is 4.31 Å². The molecule has 2 aliphatic rings. The minimum absolute atomic E-state index is 0.00955. The summed E-state index contributed by atoms with van der Waals surface area (Å²) >= 11 is 6.19. The number of nitrogens with zero attached hydrogens (tertiary/aromatic N) is 2. The lowest BCUT2D eigenvalue weighted by atomic mass is 10.1. The Balaban J connectivity index is 1.60. The van der Waals surface area contributed by atoms with E-state index in [1.807, 2.05) is 24.3 Å². The number of carbonyl (C=O) groups is 1. The maximum absolute atomic E-state index is 12.5. The maximum atomic E-state index is 12.5. The molecule has 1 aromatic carbocycles. The number of hydrogen-bond donors (Lipinski definition) is 0. The van der Waals surface area contributed by atoms with Crippen LogP contribution in [0, 0.1) is 5.92 Å². The summed E-state index contributed by atoms with van der Waals surface area (Å²) in [5.74, 6) is 0.317. The van der Waals surface area contributed by atoms with Gasteiger partial charge in [-0.25, -0.2) is 8.42 Å². The first-order chi connectivity index (χ1) is 10.4. The molecule has 3 rings (SSSR count). The first-order valence-corrected chi connectivity index (χ1v) is 9.59. The minimum atomic E-state index is -3.16. The summed E-state index contributed by atoms with van der Waals surface area (Å²) in [6, 6.07) is 7.64. The SMILES string of the molecule is CS(=O)(=O)N1CCN(C(=O)C2CC2c2ccccc2Cl)CC1. The van der Waals surface area contributed by atoms with E-state index >= 15 is 0 Å². The maximum Gasteiger partial charge on any atom is 0.226 e. The third kappa shape index (κ3) is 3.14. The molecule has 0 bridgehead atoms. The normalized spacial score (nSPS) is 26.0. The van der Waals surface area contributed by atoms with Gasteiger partial charge in [-0.3, -0.25) is 4.79 Å². The minimum Gasteiger partial charge on any atom is -0.340 e. The quantitative estimate of drug-likeness (QED) is 0.837. The lowest BCUT2D eigenvalue weighted by molar-refractivity contribution is -0.133. The third-order valence-corrected chi connectivity index (χ3v) is 6.08. The smallest absolute Gasteiger partial charge is 0.226 e. The average Bonchev–Trinajstić information content (AvgIpc) is 3.26. The molecule has 1 heterocycles. The number of halogens is 1. The number of sulfonamides is 1. The third-order valence-electron chi connectivity index (χ3n) is 4.43. The largest absolute Gasteiger partial charge is 0.340 e. The highest BCUT2D eigenvalue weighted by Crippen LogP contribution is 2.50. The standard InChI is InChI=1S/C15H19ClN2O3S/c1-22(20,21)18-8-6-17(7-9-18)15(19)13-10-12(13)11-4-2-3-5-14(11)16/h2-5,12-13H,6-10H2,1H3. The number of rotatable bonds is 3. The first kappa shape index (κ1) is 15.8. The van der Waals surface area contributed by atoms with Crippen LogP contribution in [-0.4, -0.2) is 56.0 Å². The van der Waals surface area contributed by atoms with E-state index in [2.05, 4.69) is 0 Å². The van der Waals surface area contributed by atoms with Crippen molar-refractivity contribution in [2.24, 2.45) is 5.92 Å². The Hall–Kier alpha value is -1.11. The summed E-state index contributed by atoms with van der Waals surface area (Å²) in [5.41, 5.74) is 1.04. The first-order valence-electron chi connectivity index (χ1n) is 7.36. The second kappa shape index (κ2) is 5.83. The number of amides is 1. The van der Waals surface area contributed by atoms with Crippen molar-refractivity contribution in [2.45, 2.75) is 12.3 Å². The molecule has 7 heteroatoms. The monoisotopic (exact) mass is 342 g/mol. The zero-order valence-corrected chi connectivity index (χ0v) is 14.0. The average molecular weight is 343 g/mol. The molecule has 1 saturated heterocycles. The molecule has 2 unspecified atom stereocenters. The summed E-state index contributed by atoms with van der Waals surface area (Å²) in [5, 5.41) is 0.713. The second-order valence-corrected chi connectivity index (χ2v) is 8.35. The molecule has 0 N–H and O–H groups in total. The van der Waals surface area contributed by atoms with Gasteiger partial charge in [0, 0.05) is 37.1 Å². The molecular formula is C15H19ClN2O3S. The fourth-order valence-corrected chi connectivity index (χ4v) is 4.16. The fourth-order valence-electron chi connectivity index (χ4n) is 3.06. The summed E-state index contributed by atoms with van der Waals surface area (Å²) in [4.78, 5) is 14.3. The van der Waals surface area contributed by atoms with E-state index in [-0.39, 0.29) is 17.7 Å². The lowest BCUT2D eigenvalue weighted by Crippen LogP contribution is -2.50. The molecule has 2 atom stereocenters. The van der Waals surface area contributed by atoms with Gasteiger partial charge in [-0.05, 0) is 24.0 Å². The Kier molecular flexibility index (Phi) is 4.18. The van der Waals surface area contributed by atoms with E-state index < -0.39 is 10.0 Å².